The van der Waals surface area contributed by atoms with Crippen LogP contribution in [0, 0.1) is 62.1 Å². The van der Waals surface area contributed by atoms with E-state index in [-0.39, 0.29) is 18.2 Å². The second-order valence-electron chi connectivity index (χ2n) is 8.91. The van der Waals surface area contributed by atoms with Gasteiger partial charge in [0.1, 0.15) is 0 Å². The molecule has 5 unspecified atom stereocenters. The van der Waals surface area contributed by atoms with E-state index in [1.54, 1.807) is 0 Å². The fraction of sp³-hybridized carbons (Fsp3) is 0.818. The number of nitriles is 3. The molecular weight excluding hydrogens is 384 g/mol. The van der Waals surface area contributed by atoms with Gasteiger partial charge in [0, 0.05) is 19.3 Å². The summed E-state index contributed by atoms with van der Waals surface area (Å²) in [6.45, 7) is 5.01. The van der Waals surface area contributed by atoms with Gasteiger partial charge in [-0.25, -0.2) is 0 Å². The highest BCUT2D eigenvalue weighted by Gasteiger charge is 2.82. The van der Waals surface area contributed by atoms with E-state index in [0.717, 1.165) is 19.3 Å². The molecule has 4 aliphatic rings. The Labute approximate surface area is 177 Å². The van der Waals surface area contributed by atoms with Gasteiger partial charge in [-0.05, 0) is 12.3 Å². The first-order chi connectivity index (χ1) is 14.4. The van der Waals surface area contributed by atoms with Crippen LogP contribution in [0.3, 0.4) is 0 Å². The predicted molar refractivity (Wildman–Crippen MR) is 103 cm³/mol. The van der Waals surface area contributed by atoms with Gasteiger partial charge < -0.3 is 18.9 Å². The molecule has 1 aliphatic carbocycles. The Morgan fingerprint density at radius 3 is 2.37 bits per heavy atom. The van der Waals surface area contributed by atoms with Crippen LogP contribution in [0.5, 0.6) is 0 Å². The first-order valence-corrected chi connectivity index (χ1v) is 10.9. The third-order valence-corrected chi connectivity index (χ3v) is 7.65. The van der Waals surface area contributed by atoms with Crippen molar-refractivity contribution in [3.8, 4) is 18.2 Å². The Morgan fingerprint density at radius 2 is 1.80 bits per heavy atom. The van der Waals surface area contributed by atoms with Crippen molar-refractivity contribution in [3.05, 3.63) is 0 Å². The molecule has 30 heavy (non-hydrogen) atoms. The van der Waals surface area contributed by atoms with Gasteiger partial charge in [-0.1, -0.05) is 33.1 Å². The standard InChI is InChI=1S/C22H28N4O4/c1-3-5-6-15(4-2)17-19(12-23,13-24)21(14-25)16-11-20(27-9-10-28-20)7-8-22(16,29-17)30-18(21)26/h15-17,26H,3-11H2,1-2H3. The zero-order valence-corrected chi connectivity index (χ0v) is 17.6. The molecule has 0 aromatic heterocycles. The number of nitrogens with zero attached hydrogens (tertiary/aromatic N) is 3. The van der Waals surface area contributed by atoms with Crippen LogP contribution >= 0.6 is 0 Å². The summed E-state index contributed by atoms with van der Waals surface area (Å²) in [7, 11) is 0. The van der Waals surface area contributed by atoms with Gasteiger partial charge in [0.05, 0.1) is 43.4 Å². The second kappa shape index (κ2) is 7.20. The molecule has 3 heterocycles. The minimum atomic E-state index is -1.84. The number of hydrogen-bond acceptors (Lipinski definition) is 8. The van der Waals surface area contributed by atoms with Crippen LogP contribution in [0.15, 0.2) is 0 Å². The van der Waals surface area contributed by atoms with Gasteiger partial charge in [0.25, 0.3) is 0 Å². The highest BCUT2D eigenvalue weighted by Crippen LogP contribution is 2.68. The molecule has 160 valence electrons. The maximum Gasteiger partial charge on any atom is 0.217 e. The molecule has 8 nitrogen and oxygen atoms in total. The van der Waals surface area contributed by atoms with E-state index in [1.165, 1.54) is 0 Å². The molecule has 1 N–H and O–H groups in total. The van der Waals surface area contributed by atoms with E-state index in [4.69, 9.17) is 24.4 Å². The van der Waals surface area contributed by atoms with Crippen molar-refractivity contribution in [2.24, 2.45) is 22.7 Å². The van der Waals surface area contributed by atoms with E-state index >= 15 is 0 Å². The van der Waals surface area contributed by atoms with E-state index < -0.39 is 34.4 Å². The van der Waals surface area contributed by atoms with Crippen LogP contribution in [0.2, 0.25) is 0 Å². The largest absolute Gasteiger partial charge is 0.447 e. The zero-order valence-electron chi connectivity index (χ0n) is 17.6. The molecule has 5 atom stereocenters. The Bertz CT molecular complexity index is 835. The molecule has 3 aliphatic heterocycles. The molecule has 0 radical (unpaired) electrons. The lowest BCUT2D eigenvalue weighted by Crippen LogP contribution is -2.67. The van der Waals surface area contributed by atoms with Gasteiger partial charge in [-0.2, -0.15) is 15.8 Å². The Hall–Kier alpha value is -2.18. The Balaban J connectivity index is 1.86. The molecule has 0 aromatic rings. The van der Waals surface area contributed by atoms with Gasteiger partial charge >= 0.3 is 0 Å². The molecule has 3 saturated heterocycles. The van der Waals surface area contributed by atoms with E-state index in [0.29, 0.717) is 32.5 Å². The van der Waals surface area contributed by atoms with E-state index in [9.17, 15) is 15.8 Å². The highest BCUT2D eigenvalue weighted by atomic mass is 16.7. The fourth-order valence-corrected chi connectivity index (χ4v) is 6.06. The molecule has 2 bridgehead atoms. The van der Waals surface area contributed by atoms with Gasteiger partial charge in [-0.3, -0.25) is 5.41 Å². The second-order valence-corrected chi connectivity index (χ2v) is 8.91. The van der Waals surface area contributed by atoms with Crippen LogP contribution in [-0.2, 0) is 18.9 Å². The van der Waals surface area contributed by atoms with Gasteiger partial charge in [-0.15, -0.1) is 0 Å². The van der Waals surface area contributed by atoms with Crippen molar-refractivity contribution in [1.82, 2.24) is 0 Å². The van der Waals surface area contributed by atoms with Crippen molar-refractivity contribution in [3.63, 3.8) is 0 Å². The quantitative estimate of drug-likeness (QED) is 0.732. The monoisotopic (exact) mass is 412 g/mol. The van der Waals surface area contributed by atoms with Gasteiger partial charge in [0.15, 0.2) is 16.6 Å². The molecule has 0 amide bonds. The molecule has 0 aromatic carbocycles. The van der Waals surface area contributed by atoms with Crippen LogP contribution < -0.4 is 0 Å². The predicted octanol–water partition coefficient (Wildman–Crippen LogP) is 3.39. The van der Waals surface area contributed by atoms with Crippen LogP contribution in [0.1, 0.15) is 58.8 Å². The lowest BCUT2D eigenvalue weighted by Gasteiger charge is -2.55. The lowest BCUT2D eigenvalue weighted by atomic mass is 9.50. The van der Waals surface area contributed by atoms with Crippen molar-refractivity contribution in [1.29, 1.82) is 21.2 Å². The number of nitrogens with one attached hydrogen (secondary N) is 1. The minimum absolute atomic E-state index is 0.0841. The van der Waals surface area contributed by atoms with Crippen molar-refractivity contribution < 1.29 is 18.9 Å². The SMILES string of the molecule is CCCCC(CC)C1OC23CCC4(CC2C(C#N)(C(=N)O3)C1(C#N)C#N)OCCO4. The van der Waals surface area contributed by atoms with Gasteiger partial charge in [0.2, 0.25) is 11.7 Å². The molecule has 1 saturated carbocycles. The molecular formula is C22H28N4O4. The van der Waals surface area contributed by atoms with Crippen LogP contribution in [0.4, 0.5) is 0 Å². The zero-order chi connectivity index (χ0) is 21.6. The summed E-state index contributed by atoms with van der Waals surface area (Å²) in [4.78, 5) is 0. The Morgan fingerprint density at radius 1 is 1.10 bits per heavy atom. The van der Waals surface area contributed by atoms with Crippen molar-refractivity contribution in [2.45, 2.75) is 76.5 Å². The summed E-state index contributed by atoms with van der Waals surface area (Å²) in [6.07, 6.45) is 3.77. The molecule has 8 heteroatoms. The first kappa shape index (κ1) is 21.1. The maximum atomic E-state index is 10.4. The Kier molecular flexibility index (Phi) is 5.06. The van der Waals surface area contributed by atoms with E-state index in [2.05, 4.69) is 25.1 Å². The average Bonchev–Trinajstić information content (AvgIpc) is 3.29. The topological polar surface area (TPSA) is 132 Å². The van der Waals surface area contributed by atoms with E-state index in [1.807, 2.05) is 6.92 Å². The third-order valence-electron chi connectivity index (χ3n) is 7.65. The van der Waals surface area contributed by atoms with Crippen molar-refractivity contribution >= 4 is 5.90 Å². The van der Waals surface area contributed by atoms with Crippen LogP contribution in [0.25, 0.3) is 0 Å². The first-order valence-electron chi connectivity index (χ1n) is 10.9. The average molecular weight is 412 g/mol. The fourth-order valence-electron chi connectivity index (χ4n) is 6.06. The lowest BCUT2D eigenvalue weighted by molar-refractivity contribution is -0.335. The summed E-state index contributed by atoms with van der Waals surface area (Å²) in [6, 6.07) is 6.54. The maximum absolute atomic E-state index is 10.4. The smallest absolute Gasteiger partial charge is 0.217 e. The number of ether oxygens (including phenoxy) is 4. The number of unbranched alkanes of at least 4 members (excludes halogenated alkanes) is 1. The molecule has 4 rings (SSSR count). The normalized spacial score (nSPS) is 38.7. The molecule has 4 fully saturated rings. The van der Waals surface area contributed by atoms with Crippen molar-refractivity contribution in [2.75, 3.05) is 13.2 Å². The summed E-state index contributed by atoms with van der Waals surface area (Å²) >= 11 is 0. The summed E-state index contributed by atoms with van der Waals surface area (Å²) in [5.41, 5.74) is -3.56. The minimum Gasteiger partial charge on any atom is -0.447 e. The summed E-state index contributed by atoms with van der Waals surface area (Å²) < 4.78 is 24.3. The summed E-state index contributed by atoms with van der Waals surface area (Å²) in [5, 5.41) is 39.8. The highest BCUT2D eigenvalue weighted by molar-refractivity contribution is 5.89. The summed E-state index contributed by atoms with van der Waals surface area (Å²) in [5.74, 6) is -3.17. The molecule has 1 spiro atoms. The number of hydrogen-bond donors (Lipinski definition) is 1. The number of rotatable bonds is 5. The van der Waals surface area contributed by atoms with Crippen LogP contribution in [-0.4, -0.2) is 36.8 Å². The third kappa shape index (κ3) is 2.44.